The molecule has 0 bridgehead atoms. The predicted octanol–water partition coefficient (Wildman–Crippen LogP) is 16.3. The van der Waals surface area contributed by atoms with Crippen LogP contribution in [0.5, 0.6) is 0 Å². The summed E-state index contributed by atoms with van der Waals surface area (Å²) >= 11 is 0. The van der Waals surface area contributed by atoms with Crippen LogP contribution >= 0.6 is 0 Å². The molecule has 1 aliphatic carbocycles. The van der Waals surface area contributed by atoms with Gasteiger partial charge in [0, 0.05) is 27.4 Å². The van der Waals surface area contributed by atoms with Crippen molar-refractivity contribution in [1.29, 1.82) is 0 Å². The molecule has 2 nitrogen and oxygen atoms in total. The van der Waals surface area contributed by atoms with Gasteiger partial charge in [-0.2, -0.15) is 0 Å². The Morgan fingerprint density at radius 2 is 1.05 bits per heavy atom. The van der Waals surface area contributed by atoms with Crippen molar-refractivity contribution in [3.63, 3.8) is 0 Å². The van der Waals surface area contributed by atoms with E-state index < -0.39 is 11.6 Å². The van der Waals surface area contributed by atoms with Crippen molar-refractivity contribution in [3.05, 3.63) is 240 Å². The molecule has 0 unspecified atom stereocenters. The van der Waals surface area contributed by atoms with E-state index in [4.69, 9.17) is 0 Å². The monoisotopic (exact) mass is 816 g/mol. The van der Waals surface area contributed by atoms with Crippen molar-refractivity contribution in [3.8, 4) is 39.2 Å². The van der Waals surface area contributed by atoms with Crippen molar-refractivity contribution in [1.82, 2.24) is 4.57 Å². The van der Waals surface area contributed by atoms with E-state index in [1.165, 1.54) is 78.4 Å². The Morgan fingerprint density at radius 1 is 0.476 bits per heavy atom. The van der Waals surface area contributed by atoms with Crippen molar-refractivity contribution in [2.45, 2.75) is 19.3 Å². The van der Waals surface area contributed by atoms with Gasteiger partial charge in [-0.25, -0.2) is 8.78 Å². The smallest absolute Gasteiger partial charge is 0.147 e. The average molecular weight is 817 g/mol. The van der Waals surface area contributed by atoms with E-state index in [-0.39, 0.29) is 16.8 Å². The fourth-order valence-corrected chi connectivity index (χ4v) is 9.66. The maximum atomic E-state index is 15.2. The van der Waals surface area contributed by atoms with Crippen molar-refractivity contribution < 1.29 is 8.78 Å². The number of hydrogen-bond donors (Lipinski definition) is 0. The van der Waals surface area contributed by atoms with E-state index in [0.717, 1.165) is 16.8 Å². The van der Waals surface area contributed by atoms with Crippen LogP contribution in [0.25, 0.3) is 73.0 Å². The molecule has 0 amide bonds. The summed E-state index contributed by atoms with van der Waals surface area (Å²) < 4.78 is 32.8. The van der Waals surface area contributed by atoms with Crippen molar-refractivity contribution >= 4 is 50.9 Å². The molecular formula is C59H42F2N2. The number of rotatable bonds is 8. The highest BCUT2D eigenvalue weighted by Gasteiger charge is 2.37. The predicted molar refractivity (Wildman–Crippen MR) is 259 cm³/mol. The lowest BCUT2D eigenvalue weighted by Crippen LogP contribution is -2.15. The number of para-hydroxylation sites is 2. The molecule has 0 atom stereocenters. The fraction of sp³-hybridized carbons (Fsp3) is 0.0508. The van der Waals surface area contributed by atoms with Gasteiger partial charge in [0.1, 0.15) is 11.6 Å². The summed E-state index contributed by atoms with van der Waals surface area (Å²) in [4.78, 5) is 1.62. The van der Waals surface area contributed by atoms with E-state index >= 15 is 8.78 Å². The number of halogens is 2. The number of benzene rings is 9. The third-order valence-electron chi connectivity index (χ3n) is 12.7. The molecular weight excluding hydrogens is 775 g/mol. The van der Waals surface area contributed by atoms with Crippen LogP contribution in [-0.2, 0) is 5.41 Å². The molecule has 0 radical (unpaired) electrons. The summed E-state index contributed by atoms with van der Waals surface area (Å²) in [6.07, 6.45) is 4.24. The molecule has 11 rings (SSSR count). The molecule has 0 saturated heterocycles. The minimum Gasteiger partial charge on any atom is -0.308 e. The third-order valence-corrected chi connectivity index (χ3v) is 12.7. The molecule has 0 spiro atoms. The van der Waals surface area contributed by atoms with Gasteiger partial charge in [-0.05, 0) is 104 Å². The SMILES string of the molecule is CC1(C)c2cc(/C=C/c3ccc(N(c4ccccc4F)c4ccccc4F)cc3)ccc2-c2cc3c(-c4ccccc4)c(-c4ccccc4)n(-c4cccc5ccccc45)c3cc21. The molecule has 1 aromatic heterocycles. The van der Waals surface area contributed by atoms with E-state index in [9.17, 15) is 0 Å². The van der Waals surface area contributed by atoms with Crippen LogP contribution in [0.4, 0.5) is 25.8 Å². The molecule has 9 aromatic carbocycles. The normalized spacial score (nSPS) is 12.8. The summed E-state index contributed by atoms with van der Waals surface area (Å²) in [5.74, 6) is -0.855. The zero-order valence-electron chi connectivity index (χ0n) is 34.9. The fourth-order valence-electron chi connectivity index (χ4n) is 9.66. The molecule has 0 N–H and O–H groups in total. The second-order valence-corrected chi connectivity index (χ2v) is 16.8. The van der Waals surface area contributed by atoms with Crippen LogP contribution in [0.2, 0.25) is 0 Å². The Labute approximate surface area is 366 Å². The standard InChI is InChI=1S/C59H42F2N2/c1-59(2)49-36-40(29-28-39-30-33-44(34-31-39)62(54-25-13-11-23-51(54)60)55-26-14-12-24-52(55)61)32-35-46(49)47-37-48-56(38-50(47)59)63(53-27-15-21-41-16-9-10-22-45(41)53)58(43-19-7-4-8-20-43)57(48)42-17-5-3-6-18-42/h3-38H,1-2H3/b29-28+. The Kier molecular flexibility index (Phi) is 9.24. The minimum absolute atomic E-state index is 0.277. The first-order chi connectivity index (χ1) is 30.8. The largest absolute Gasteiger partial charge is 0.308 e. The van der Waals surface area contributed by atoms with E-state index in [1.807, 2.05) is 24.3 Å². The quantitative estimate of drug-likeness (QED) is 0.139. The molecule has 302 valence electrons. The number of nitrogens with zero attached hydrogens (tertiary/aromatic N) is 2. The number of anilines is 3. The summed E-state index contributed by atoms with van der Waals surface area (Å²) in [6.45, 7) is 4.68. The molecule has 0 aliphatic heterocycles. The average Bonchev–Trinajstić information content (AvgIpc) is 3.77. The van der Waals surface area contributed by atoms with E-state index in [2.05, 4.69) is 164 Å². The number of aromatic nitrogens is 1. The lowest BCUT2D eigenvalue weighted by molar-refractivity contribution is 0.619. The Balaban J connectivity index is 1.01. The van der Waals surface area contributed by atoms with Crippen LogP contribution in [0.15, 0.2) is 206 Å². The Morgan fingerprint density at radius 3 is 1.75 bits per heavy atom. The first-order valence-corrected chi connectivity index (χ1v) is 21.4. The lowest BCUT2D eigenvalue weighted by atomic mass is 9.81. The van der Waals surface area contributed by atoms with Crippen molar-refractivity contribution in [2.75, 3.05) is 4.90 Å². The van der Waals surface area contributed by atoms with Gasteiger partial charge in [-0.3, -0.25) is 0 Å². The molecule has 4 heteroatoms. The highest BCUT2D eigenvalue weighted by atomic mass is 19.1. The van der Waals surface area contributed by atoms with Crippen LogP contribution in [0, 0.1) is 11.6 Å². The summed E-state index contributed by atoms with van der Waals surface area (Å²) in [7, 11) is 0. The van der Waals surface area contributed by atoms with Gasteiger partial charge in [0.05, 0.1) is 28.3 Å². The van der Waals surface area contributed by atoms with Crippen LogP contribution in [-0.4, -0.2) is 4.57 Å². The summed E-state index contributed by atoms with van der Waals surface area (Å²) in [6, 6.07) is 69.3. The minimum atomic E-state index is -0.428. The van der Waals surface area contributed by atoms with Gasteiger partial charge in [-0.15, -0.1) is 0 Å². The second kappa shape index (κ2) is 15.3. The molecule has 0 saturated carbocycles. The van der Waals surface area contributed by atoms with Crippen molar-refractivity contribution in [2.24, 2.45) is 0 Å². The molecule has 1 aliphatic rings. The maximum absolute atomic E-state index is 15.2. The highest BCUT2D eigenvalue weighted by molar-refractivity contribution is 6.10. The van der Waals surface area contributed by atoms with Gasteiger partial charge in [-0.1, -0.05) is 178 Å². The number of fused-ring (bicyclic) bond motifs is 5. The van der Waals surface area contributed by atoms with Gasteiger partial charge in [0.15, 0.2) is 0 Å². The van der Waals surface area contributed by atoms with Crippen LogP contribution < -0.4 is 4.90 Å². The first kappa shape index (κ1) is 38.1. The van der Waals surface area contributed by atoms with E-state index in [0.29, 0.717) is 5.69 Å². The molecule has 0 fully saturated rings. The van der Waals surface area contributed by atoms with E-state index in [1.54, 1.807) is 41.3 Å². The number of hydrogen-bond acceptors (Lipinski definition) is 1. The Bertz CT molecular complexity index is 3330. The first-order valence-electron chi connectivity index (χ1n) is 21.4. The lowest BCUT2D eigenvalue weighted by Gasteiger charge is -2.26. The van der Waals surface area contributed by atoms with Gasteiger partial charge < -0.3 is 9.47 Å². The Hall–Kier alpha value is -7.82. The van der Waals surface area contributed by atoms with Crippen LogP contribution in [0.3, 0.4) is 0 Å². The third kappa shape index (κ3) is 6.45. The zero-order valence-corrected chi connectivity index (χ0v) is 34.9. The van der Waals surface area contributed by atoms with Gasteiger partial charge in [0.2, 0.25) is 0 Å². The highest BCUT2D eigenvalue weighted by Crippen LogP contribution is 2.53. The molecule has 1 heterocycles. The van der Waals surface area contributed by atoms with Gasteiger partial charge >= 0.3 is 0 Å². The topological polar surface area (TPSA) is 8.17 Å². The molecule has 10 aromatic rings. The van der Waals surface area contributed by atoms with Gasteiger partial charge in [0.25, 0.3) is 0 Å². The maximum Gasteiger partial charge on any atom is 0.147 e. The summed E-state index contributed by atoms with van der Waals surface area (Å²) in [5, 5.41) is 3.62. The zero-order chi connectivity index (χ0) is 42.7. The second-order valence-electron chi connectivity index (χ2n) is 16.8. The molecule has 63 heavy (non-hydrogen) atoms. The van der Waals surface area contributed by atoms with Crippen LogP contribution in [0.1, 0.15) is 36.1 Å². The summed E-state index contributed by atoms with van der Waals surface area (Å²) in [5.41, 5.74) is 15.2.